The second kappa shape index (κ2) is 8.05. The van der Waals surface area contributed by atoms with E-state index < -0.39 is 4.92 Å². The molecule has 6 nitrogen and oxygen atoms in total. The van der Waals surface area contributed by atoms with Crippen LogP contribution in [0.4, 0.5) is 5.69 Å². The molecule has 0 bridgehead atoms. The first-order valence-electron chi connectivity index (χ1n) is 9.33. The van der Waals surface area contributed by atoms with E-state index in [9.17, 15) is 14.9 Å². The number of amides is 1. The number of fused-ring (bicyclic) bond motifs is 1. The number of carbonyl (C=O) groups excluding carboxylic acids is 1. The Bertz CT molecular complexity index is 1230. The van der Waals surface area contributed by atoms with Gasteiger partial charge in [0, 0.05) is 35.7 Å². The number of non-ortho nitro benzene ring substituents is 1. The van der Waals surface area contributed by atoms with Gasteiger partial charge in [-0.2, -0.15) is 0 Å². The van der Waals surface area contributed by atoms with E-state index in [4.69, 9.17) is 4.74 Å². The summed E-state index contributed by atoms with van der Waals surface area (Å²) >= 11 is 0. The number of carbonyl (C=O) groups is 1. The van der Waals surface area contributed by atoms with Crippen molar-refractivity contribution in [3.05, 3.63) is 101 Å². The molecule has 0 aliphatic rings. The van der Waals surface area contributed by atoms with Gasteiger partial charge in [-0.1, -0.05) is 42.5 Å². The van der Waals surface area contributed by atoms with E-state index in [1.54, 1.807) is 31.3 Å². The number of benzene rings is 4. The van der Waals surface area contributed by atoms with Crippen LogP contribution in [-0.4, -0.2) is 17.9 Å². The molecule has 0 saturated carbocycles. The Morgan fingerprint density at radius 3 is 2.27 bits per heavy atom. The van der Waals surface area contributed by atoms with Gasteiger partial charge < -0.3 is 10.1 Å². The SMILES string of the molecule is CNC(=O)c1ccc(-c2ccc3ccccc3c2Oc2ccc([N+](=O)[O-])cc2)cc1. The number of rotatable bonds is 5. The molecule has 0 atom stereocenters. The lowest BCUT2D eigenvalue weighted by Crippen LogP contribution is -2.17. The van der Waals surface area contributed by atoms with Crippen molar-refractivity contribution < 1.29 is 14.5 Å². The maximum absolute atomic E-state index is 11.8. The molecule has 0 radical (unpaired) electrons. The molecule has 0 aliphatic heterocycles. The highest BCUT2D eigenvalue weighted by atomic mass is 16.6. The summed E-state index contributed by atoms with van der Waals surface area (Å²) in [6.45, 7) is 0. The Morgan fingerprint density at radius 1 is 0.900 bits per heavy atom. The van der Waals surface area contributed by atoms with Crippen LogP contribution in [0.5, 0.6) is 11.5 Å². The number of hydrogen-bond acceptors (Lipinski definition) is 4. The molecule has 0 spiro atoms. The second-order valence-corrected chi connectivity index (χ2v) is 6.67. The van der Waals surface area contributed by atoms with Gasteiger partial charge in [-0.25, -0.2) is 0 Å². The van der Waals surface area contributed by atoms with E-state index in [0.29, 0.717) is 17.1 Å². The summed E-state index contributed by atoms with van der Waals surface area (Å²) in [5, 5.41) is 15.5. The van der Waals surface area contributed by atoms with Crippen LogP contribution in [0.2, 0.25) is 0 Å². The monoisotopic (exact) mass is 398 g/mol. The molecule has 0 aliphatic carbocycles. The Morgan fingerprint density at radius 2 is 1.60 bits per heavy atom. The van der Waals surface area contributed by atoms with Crippen LogP contribution in [0.25, 0.3) is 21.9 Å². The largest absolute Gasteiger partial charge is 0.456 e. The molecule has 1 amide bonds. The fourth-order valence-electron chi connectivity index (χ4n) is 3.28. The maximum atomic E-state index is 11.8. The van der Waals surface area contributed by atoms with Gasteiger partial charge in [-0.3, -0.25) is 14.9 Å². The van der Waals surface area contributed by atoms with Crippen molar-refractivity contribution in [3.8, 4) is 22.6 Å². The van der Waals surface area contributed by atoms with Gasteiger partial charge in [-0.15, -0.1) is 0 Å². The van der Waals surface area contributed by atoms with Crippen molar-refractivity contribution in [2.45, 2.75) is 0 Å². The van der Waals surface area contributed by atoms with Gasteiger partial charge in [-0.05, 0) is 41.3 Å². The summed E-state index contributed by atoms with van der Waals surface area (Å²) in [6, 6.07) is 25.1. The fraction of sp³-hybridized carbons (Fsp3) is 0.0417. The topological polar surface area (TPSA) is 81.5 Å². The summed E-state index contributed by atoms with van der Waals surface area (Å²) < 4.78 is 6.21. The normalized spacial score (nSPS) is 10.6. The Labute approximate surface area is 172 Å². The van der Waals surface area contributed by atoms with Crippen molar-refractivity contribution in [2.24, 2.45) is 0 Å². The molecular formula is C24H18N2O4. The molecule has 0 heterocycles. The first kappa shape index (κ1) is 19.1. The number of hydrogen-bond donors (Lipinski definition) is 1. The van der Waals surface area contributed by atoms with Crippen molar-refractivity contribution >= 4 is 22.4 Å². The number of nitro benzene ring substituents is 1. The third-order valence-electron chi connectivity index (χ3n) is 4.83. The van der Waals surface area contributed by atoms with Crippen molar-refractivity contribution in [3.63, 3.8) is 0 Å². The van der Waals surface area contributed by atoms with Gasteiger partial charge in [0.2, 0.25) is 0 Å². The molecular weight excluding hydrogens is 380 g/mol. The van der Waals surface area contributed by atoms with Gasteiger partial charge in [0.15, 0.2) is 0 Å². The Kier molecular flexibility index (Phi) is 5.13. The zero-order valence-electron chi connectivity index (χ0n) is 16.2. The molecule has 4 aromatic rings. The van der Waals surface area contributed by atoms with E-state index in [2.05, 4.69) is 5.32 Å². The minimum Gasteiger partial charge on any atom is -0.456 e. The third kappa shape index (κ3) is 3.71. The molecule has 1 N–H and O–H groups in total. The average Bonchev–Trinajstić information content (AvgIpc) is 2.79. The predicted octanol–water partition coefficient (Wildman–Crippen LogP) is 5.57. The summed E-state index contributed by atoms with van der Waals surface area (Å²) in [6.07, 6.45) is 0. The molecule has 0 aromatic heterocycles. The molecule has 30 heavy (non-hydrogen) atoms. The van der Waals surface area contributed by atoms with E-state index >= 15 is 0 Å². The van der Waals surface area contributed by atoms with E-state index in [0.717, 1.165) is 21.9 Å². The van der Waals surface area contributed by atoms with Crippen molar-refractivity contribution in [1.82, 2.24) is 5.32 Å². The van der Waals surface area contributed by atoms with Crippen LogP contribution in [0, 0.1) is 10.1 Å². The lowest BCUT2D eigenvalue weighted by atomic mass is 9.98. The molecule has 4 aromatic carbocycles. The van der Waals surface area contributed by atoms with Gasteiger partial charge in [0.05, 0.1) is 4.92 Å². The highest BCUT2D eigenvalue weighted by Crippen LogP contribution is 2.39. The third-order valence-corrected chi connectivity index (χ3v) is 4.83. The summed E-state index contributed by atoms with van der Waals surface area (Å²) in [4.78, 5) is 22.3. The van der Waals surface area contributed by atoms with Crippen LogP contribution in [0.3, 0.4) is 0 Å². The fourth-order valence-corrected chi connectivity index (χ4v) is 3.28. The Balaban J connectivity index is 1.80. The molecule has 0 fully saturated rings. The summed E-state index contributed by atoms with van der Waals surface area (Å²) in [5.74, 6) is 0.997. The zero-order valence-corrected chi connectivity index (χ0v) is 16.2. The lowest BCUT2D eigenvalue weighted by molar-refractivity contribution is -0.384. The highest BCUT2D eigenvalue weighted by molar-refractivity contribution is 5.97. The van der Waals surface area contributed by atoms with Crippen LogP contribution in [0.15, 0.2) is 84.9 Å². The number of nitro groups is 1. The maximum Gasteiger partial charge on any atom is 0.269 e. The number of nitrogens with zero attached hydrogens (tertiary/aromatic N) is 1. The standard InChI is InChI=1S/C24H18N2O4/c1-25-24(27)18-8-6-17(7-9-18)22-15-10-16-4-2-3-5-21(16)23(22)30-20-13-11-19(12-14-20)26(28)29/h2-15H,1H3,(H,25,27). The summed E-state index contributed by atoms with van der Waals surface area (Å²) in [5.41, 5.74) is 2.32. The molecule has 148 valence electrons. The molecule has 0 unspecified atom stereocenters. The van der Waals surface area contributed by atoms with Crippen molar-refractivity contribution in [1.29, 1.82) is 0 Å². The lowest BCUT2D eigenvalue weighted by Gasteiger charge is -2.15. The van der Waals surface area contributed by atoms with Gasteiger partial charge in [0.25, 0.3) is 11.6 Å². The van der Waals surface area contributed by atoms with Crippen molar-refractivity contribution in [2.75, 3.05) is 7.05 Å². The van der Waals surface area contributed by atoms with Crippen LogP contribution in [-0.2, 0) is 0 Å². The van der Waals surface area contributed by atoms with Crippen LogP contribution < -0.4 is 10.1 Å². The average molecular weight is 398 g/mol. The van der Waals surface area contributed by atoms with E-state index in [1.165, 1.54) is 12.1 Å². The first-order valence-corrected chi connectivity index (χ1v) is 9.33. The minimum atomic E-state index is -0.443. The van der Waals surface area contributed by atoms with E-state index in [1.807, 2.05) is 48.5 Å². The predicted molar refractivity (Wildman–Crippen MR) is 116 cm³/mol. The smallest absolute Gasteiger partial charge is 0.269 e. The second-order valence-electron chi connectivity index (χ2n) is 6.67. The quantitative estimate of drug-likeness (QED) is 0.352. The molecule has 0 saturated heterocycles. The van der Waals surface area contributed by atoms with Crippen LogP contribution in [0.1, 0.15) is 10.4 Å². The van der Waals surface area contributed by atoms with Crippen LogP contribution >= 0.6 is 0 Å². The zero-order chi connectivity index (χ0) is 21.1. The molecule has 6 heteroatoms. The van der Waals surface area contributed by atoms with Gasteiger partial charge >= 0.3 is 0 Å². The first-order chi connectivity index (χ1) is 14.6. The van der Waals surface area contributed by atoms with E-state index in [-0.39, 0.29) is 11.6 Å². The molecule has 4 rings (SSSR count). The minimum absolute atomic E-state index is 0.00489. The van der Waals surface area contributed by atoms with Gasteiger partial charge in [0.1, 0.15) is 11.5 Å². The Hall–Kier alpha value is -4.19. The highest BCUT2D eigenvalue weighted by Gasteiger charge is 2.14. The number of ether oxygens (including phenoxy) is 1. The summed E-state index contributed by atoms with van der Waals surface area (Å²) in [7, 11) is 1.59. The number of nitrogens with one attached hydrogen (secondary N) is 1.